The van der Waals surface area contributed by atoms with E-state index >= 15 is 0 Å². The van der Waals surface area contributed by atoms with Gasteiger partial charge in [0.2, 0.25) is 0 Å². The molecule has 8 heavy (non-hydrogen) atoms. The zero-order valence-electron chi connectivity index (χ0n) is 3.90. The topological polar surface area (TPSA) is 24.4 Å². The van der Waals surface area contributed by atoms with Crippen LogP contribution < -0.4 is 4.83 Å². The van der Waals surface area contributed by atoms with Gasteiger partial charge in [0.25, 0.3) is 0 Å². The zero-order valence-corrected chi connectivity index (χ0v) is 6.35. The van der Waals surface area contributed by atoms with E-state index in [1.54, 1.807) is 6.21 Å². The Labute approximate surface area is 64.8 Å². The van der Waals surface area contributed by atoms with Crippen LogP contribution in [0.5, 0.6) is 0 Å². The van der Waals surface area contributed by atoms with Gasteiger partial charge in [-0.3, -0.25) is 0 Å². The lowest BCUT2D eigenvalue weighted by Gasteiger charge is -1.92. The van der Waals surface area contributed by atoms with Crippen LogP contribution in [0.2, 0.25) is 0 Å². The molecule has 0 bridgehead atoms. The summed E-state index contributed by atoms with van der Waals surface area (Å²) < 4.78 is 0. The summed E-state index contributed by atoms with van der Waals surface area (Å²) in [6, 6.07) is 0. The summed E-state index contributed by atoms with van der Waals surface area (Å²) in [5.41, 5.74) is 0. The minimum atomic E-state index is 0. The monoisotopic (exact) mass is 172 g/mol. The molecular weight excluding hydrogens is 167 g/mol. The zero-order chi connectivity index (χ0) is 4.24. The van der Waals surface area contributed by atoms with Gasteiger partial charge in [-0.05, 0) is 23.4 Å². The molecule has 0 aliphatic carbocycles. The minimum absolute atomic E-state index is 0. The second-order valence-electron chi connectivity index (χ2n) is 0.816. The molecule has 0 saturated carbocycles. The van der Waals surface area contributed by atoms with E-state index in [4.69, 9.17) is 0 Å². The first kappa shape index (κ1) is 11.0. The Morgan fingerprint density at radius 3 is 2.25 bits per heavy atom. The Balaban J connectivity index is 0. The number of hydrogen-bond acceptors (Lipinski definition) is 3. The molecule has 48 valence electrons. The highest BCUT2D eigenvalue weighted by molar-refractivity contribution is 8.00. The van der Waals surface area contributed by atoms with E-state index in [-0.39, 0.29) is 24.8 Å². The number of nitrogens with zero attached hydrogens (tertiary/aromatic N) is 1. The highest BCUT2D eigenvalue weighted by Crippen LogP contribution is 1.95. The van der Waals surface area contributed by atoms with Crippen LogP contribution in [0.25, 0.3) is 0 Å². The van der Waals surface area contributed by atoms with Gasteiger partial charge < -0.3 is 0 Å². The maximum absolute atomic E-state index is 3.68. The number of rotatable bonds is 0. The molecule has 1 heterocycles. The summed E-state index contributed by atoms with van der Waals surface area (Å²) >= 11 is 1.47. The van der Waals surface area contributed by atoms with Crippen molar-refractivity contribution in [2.24, 2.45) is 5.10 Å². The predicted molar refractivity (Wildman–Crippen MR) is 42.9 cm³/mol. The Morgan fingerprint density at radius 2 is 2.12 bits per heavy atom. The highest BCUT2D eigenvalue weighted by Gasteiger charge is 1.75. The van der Waals surface area contributed by atoms with Gasteiger partial charge in [-0.15, -0.1) is 24.8 Å². The summed E-state index contributed by atoms with van der Waals surface area (Å²) in [6.07, 6.45) is 3.58. The lowest BCUT2D eigenvalue weighted by atomic mass is 10.7. The molecule has 1 rings (SSSR count). The smallest absolute Gasteiger partial charge is 0.0484 e. The number of hydrogen-bond donors (Lipinski definition) is 1. The summed E-state index contributed by atoms with van der Waals surface area (Å²) in [7, 11) is 0. The molecule has 0 atom stereocenters. The summed E-state index contributed by atoms with van der Waals surface area (Å²) in [6.45, 7) is 0. The molecule has 0 unspecified atom stereocenters. The molecule has 1 aliphatic heterocycles. The van der Waals surface area contributed by atoms with Crippen LogP contribution in [0, 0.1) is 0 Å². The van der Waals surface area contributed by atoms with E-state index < -0.39 is 0 Å². The van der Waals surface area contributed by atoms with Crippen LogP contribution >= 0.6 is 36.8 Å². The molecule has 0 saturated heterocycles. The molecule has 2 nitrogen and oxygen atoms in total. The van der Waals surface area contributed by atoms with Crippen molar-refractivity contribution >= 4 is 43.0 Å². The van der Waals surface area contributed by atoms with Crippen molar-refractivity contribution in [1.29, 1.82) is 0 Å². The van der Waals surface area contributed by atoms with Crippen LogP contribution in [-0.2, 0) is 0 Å². The third kappa shape index (κ3) is 4.30. The number of allylic oxidation sites excluding steroid dienone is 1. The molecule has 5 heteroatoms. The fourth-order valence-corrected chi connectivity index (χ4v) is 0.540. The molecule has 1 N–H and O–H groups in total. The van der Waals surface area contributed by atoms with Crippen molar-refractivity contribution in [2.45, 2.75) is 0 Å². The first-order chi connectivity index (χ1) is 3.00. The average Bonchev–Trinajstić information content (AvgIpc) is 1.72. The van der Waals surface area contributed by atoms with Crippen molar-refractivity contribution in [3.63, 3.8) is 0 Å². The lowest BCUT2D eigenvalue weighted by Crippen LogP contribution is -1.91. The van der Waals surface area contributed by atoms with E-state index in [0.29, 0.717) is 0 Å². The van der Waals surface area contributed by atoms with Gasteiger partial charge in [-0.25, -0.2) is 4.83 Å². The lowest BCUT2D eigenvalue weighted by molar-refractivity contribution is 1.13. The Kier molecular flexibility index (Phi) is 9.82. The van der Waals surface area contributed by atoms with E-state index in [9.17, 15) is 0 Å². The van der Waals surface area contributed by atoms with E-state index in [1.807, 2.05) is 11.5 Å². The fraction of sp³-hybridized carbons (Fsp3) is 0. The third-order valence-electron chi connectivity index (χ3n) is 0.413. The molecule has 0 radical (unpaired) electrons. The van der Waals surface area contributed by atoms with Crippen molar-refractivity contribution in [3.8, 4) is 0 Å². The number of nitrogens with one attached hydrogen (secondary N) is 1. The van der Waals surface area contributed by atoms with Gasteiger partial charge >= 0.3 is 0 Å². The van der Waals surface area contributed by atoms with Crippen molar-refractivity contribution in [3.05, 3.63) is 11.5 Å². The second kappa shape index (κ2) is 7.14. The molecule has 1 aliphatic rings. The summed E-state index contributed by atoms with van der Waals surface area (Å²) in [5.74, 6) is 0. The van der Waals surface area contributed by atoms with Gasteiger partial charge in [-0.2, -0.15) is 5.10 Å². The SMILES string of the molecule is C1=CSNN=C1.Cl.Cl. The molecular formula is C3H6Cl2N2S. The third-order valence-corrected chi connectivity index (χ3v) is 0.917. The Hall–Kier alpha value is 0.140. The molecule has 0 aromatic rings. The van der Waals surface area contributed by atoms with Gasteiger partial charge in [0, 0.05) is 6.21 Å². The highest BCUT2D eigenvalue weighted by atomic mass is 35.5. The molecule has 0 fully saturated rings. The van der Waals surface area contributed by atoms with E-state index in [2.05, 4.69) is 9.93 Å². The maximum atomic E-state index is 3.68. The van der Waals surface area contributed by atoms with Gasteiger partial charge in [0.15, 0.2) is 0 Å². The van der Waals surface area contributed by atoms with Crippen molar-refractivity contribution in [2.75, 3.05) is 0 Å². The standard InChI is InChI=1S/C3H4N2S.2ClH/c1-2-4-5-6-3-1;;/h1-3,5H;2*1H. The van der Waals surface area contributed by atoms with Crippen LogP contribution in [0.1, 0.15) is 0 Å². The minimum Gasteiger partial charge on any atom is -0.248 e. The normalized spacial score (nSPS) is 13.0. The van der Waals surface area contributed by atoms with Crippen LogP contribution in [0.3, 0.4) is 0 Å². The maximum Gasteiger partial charge on any atom is 0.0484 e. The van der Waals surface area contributed by atoms with E-state index in [1.165, 1.54) is 11.9 Å². The van der Waals surface area contributed by atoms with Crippen molar-refractivity contribution in [1.82, 2.24) is 4.83 Å². The Bertz CT molecular complexity index is 81.3. The fourth-order valence-electron chi connectivity index (χ4n) is 0.209. The summed E-state index contributed by atoms with van der Waals surface area (Å²) in [4.78, 5) is 2.68. The van der Waals surface area contributed by atoms with Crippen LogP contribution in [0.15, 0.2) is 16.6 Å². The molecule has 0 aromatic heterocycles. The summed E-state index contributed by atoms with van der Waals surface area (Å²) in [5, 5.41) is 5.60. The second-order valence-corrected chi connectivity index (χ2v) is 1.51. The Morgan fingerprint density at radius 1 is 1.38 bits per heavy atom. The molecule has 0 amide bonds. The molecule has 0 spiro atoms. The van der Waals surface area contributed by atoms with Gasteiger partial charge in [0.05, 0.1) is 0 Å². The van der Waals surface area contributed by atoms with Crippen LogP contribution in [0.4, 0.5) is 0 Å². The van der Waals surface area contributed by atoms with Gasteiger partial charge in [0.1, 0.15) is 0 Å². The first-order valence-corrected chi connectivity index (χ1v) is 2.47. The quantitative estimate of drug-likeness (QED) is 0.562. The largest absolute Gasteiger partial charge is 0.248 e. The van der Waals surface area contributed by atoms with Crippen LogP contribution in [-0.4, -0.2) is 6.21 Å². The number of hydrazone groups is 1. The molecule has 0 aromatic carbocycles. The van der Waals surface area contributed by atoms with Crippen molar-refractivity contribution < 1.29 is 0 Å². The average molecular weight is 173 g/mol. The van der Waals surface area contributed by atoms with E-state index in [0.717, 1.165) is 0 Å². The first-order valence-electron chi connectivity index (χ1n) is 1.59. The number of halogens is 2. The predicted octanol–water partition coefficient (Wildman–Crippen LogP) is 1.58. The van der Waals surface area contributed by atoms with Gasteiger partial charge in [-0.1, -0.05) is 0 Å².